The van der Waals surface area contributed by atoms with Crippen LogP contribution in [-0.2, 0) is 4.79 Å². The summed E-state index contributed by atoms with van der Waals surface area (Å²) in [6.07, 6.45) is 0.569. The van der Waals surface area contributed by atoms with Crippen molar-refractivity contribution in [2.75, 3.05) is 6.26 Å². The number of aliphatic hydroxyl groups is 1. The van der Waals surface area contributed by atoms with E-state index in [2.05, 4.69) is 12.6 Å². The molecule has 0 aliphatic rings. The van der Waals surface area contributed by atoms with Gasteiger partial charge in [-0.3, -0.25) is 4.79 Å². The maximum Gasteiger partial charge on any atom is 0.167 e. The van der Waals surface area contributed by atoms with Crippen LogP contribution in [0.3, 0.4) is 0 Å². The molecule has 1 atom stereocenters. The van der Waals surface area contributed by atoms with Crippen molar-refractivity contribution in [2.45, 2.75) is 13.2 Å². The van der Waals surface area contributed by atoms with Crippen molar-refractivity contribution >= 4 is 30.2 Å². The van der Waals surface area contributed by atoms with Crippen molar-refractivity contribution in [3.63, 3.8) is 0 Å². The molecule has 0 heterocycles. The van der Waals surface area contributed by atoms with Crippen molar-refractivity contribution in [2.24, 2.45) is 5.73 Å². The number of allylic oxidation sites excluding steroid dienone is 1. The minimum Gasteiger partial charge on any atom is -0.374 e. The smallest absolute Gasteiger partial charge is 0.167 e. The molecular formula is C6H11NO2S2. The highest BCUT2D eigenvalue weighted by atomic mass is 32.2. The number of rotatable bonds is 3. The van der Waals surface area contributed by atoms with Crippen molar-refractivity contribution in [1.82, 2.24) is 0 Å². The fourth-order valence-electron chi connectivity index (χ4n) is 0.563. The Hall–Kier alpha value is 0.0300. The molecule has 5 heteroatoms. The molecule has 0 spiro atoms. The molecule has 0 aliphatic carbocycles. The summed E-state index contributed by atoms with van der Waals surface area (Å²) < 4.78 is 0. The van der Waals surface area contributed by atoms with E-state index in [1.54, 1.807) is 6.26 Å². The van der Waals surface area contributed by atoms with Gasteiger partial charge in [-0.05, 0) is 13.2 Å². The number of hydrogen-bond acceptors (Lipinski definition) is 5. The monoisotopic (exact) mass is 193 g/mol. The molecule has 0 saturated heterocycles. The van der Waals surface area contributed by atoms with Crippen LogP contribution in [0, 0.1) is 0 Å². The van der Waals surface area contributed by atoms with E-state index in [0.29, 0.717) is 4.91 Å². The molecule has 64 valence electrons. The normalized spacial score (nSPS) is 15.7. The molecule has 1 unspecified atom stereocenters. The van der Waals surface area contributed by atoms with Crippen LogP contribution in [0.15, 0.2) is 9.81 Å². The van der Waals surface area contributed by atoms with E-state index in [1.807, 2.05) is 0 Å². The van der Waals surface area contributed by atoms with E-state index in [1.165, 1.54) is 18.7 Å². The molecule has 0 aromatic carbocycles. The fourth-order valence-corrected chi connectivity index (χ4v) is 1.61. The van der Waals surface area contributed by atoms with E-state index in [0.717, 1.165) is 0 Å². The Morgan fingerprint density at radius 2 is 2.18 bits per heavy atom. The van der Waals surface area contributed by atoms with Gasteiger partial charge in [0.1, 0.15) is 6.23 Å². The first-order valence-electron chi connectivity index (χ1n) is 2.92. The molecule has 0 bridgehead atoms. The number of Topliss-reactive ketones (excluding diaryl/α,β-unsaturated/α-hetero) is 1. The quantitative estimate of drug-likeness (QED) is 0.344. The van der Waals surface area contributed by atoms with Gasteiger partial charge in [-0.25, -0.2) is 0 Å². The van der Waals surface area contributed by atoms with Crippen LogP contribution in [0.25, 0.3) is 0 Å². The van der Waals surface area contributed by atoms with E-state index < -0.39 is 6.23 Å². The molecule has 0 fully saturated rings. The number of carbonyl (C=O) groups is 1. The molecule has 0 radical (unpaired) electrons. The Labute approximate surface area is 75.4 Å². The van der Waals surface area contributed by atoms with Crippen LogP contribution >= 0.6 is 24.4 Å². The Morgan fingerprint density at radius 1 is 1.73 bits per heavy atom. The summed E-state index contributed by atoms with van der Waals surface area (Å²) in [5.74, 6) is -0.132. The van der Waals surface area contributed by atoms with E-state index in [9.17, 15) is 4.79 Å². The van der Waals surface area contributed by atoms with Crippen LogP contribution in [0.1, 0.15) is 6.92 Å². The third kappa shape index (κ3) is 3.29. The molecule has 0 saturated carbocycles. The first-order chi connectivity index (χ1) is 5.00. The highest BCUT2D eigenvalue weighted by molar-refractivity contribution is 8.04. The third-order valence-corrected chi connectivity index (χ3v) is 2.59. The Balaban J connectivity index is 4.68. The van der Waals surface area contributed by atoms with Crippen LogP contribution in [-0.4, -0.2) is 23.4 Å². The molecule has 11 heavy (non-hydrogen) atoms. The summed E-state index contributed by atoms with van der Waals surface area (Å²) in [5.41, 5.74) is 5.11. The van der Waals surface area contributed by atoms with E-state index in [4.69, 9.17) is 10.8 Å². The van der Waals surface area contributed by atoms with Crippen LogP contribution < -0.4 is 5.73 Å². The van der Waals surface area contributed by atoms with Gasteiger partial charge in [0.25, 0.3) is 0 Å². The molecule has 0 aromatic rings. The molecule has 0 amide bonds. The number of thiol groups is 1. The zero-order chi connectivity index (χ0) is 9.02. The SMILES string of the molecule is CS/C(C(C)=O)=C(\S)C(N)O. The number of thioether (sulfide) groups is 1. The second-order valence-electron chi connectivity index (χ2n) is 1.92. The zero-order valence-corrected chi connectivity index (χ0v) is 8.08. The van der Waals surface area contributed by atoms with E-state index >= 15 is 0 Å². The van der Waals surface area contributed by atoms with Crippen molar-refractivity contribution in [3.05, 3.63) is 9.81 Å². The lowest BCUT2D eigenvalue weighted by atomic mass is 10.3. The predicted octanol–water partition coefficient (Wildman–Crippen LogP) is 0.357. The Morgan fingerprint density at radius 3 is 2.27 bits per heavy atom. The van der Waals surface area contributed by atoms with E-state index in [-0.39, 0.29) is 10.7 Å². The van der Waals surface area contributed by atoms with Gasteiger partial charge in [-0.2, -0.15) is 0 Å². The lowest BCUT2D eigenvalue weighted by Crippen LogP contribution is -2.20. The molecule has 0 aliphatic heterocycles. The van der Waals surface area contributed by atoms with Gasteiger partial charge in [-0.15, -0.1) is 24.4 Å². The van der Waals surface area contributed by atoms with Gasteiger partial charge in [0.05, 0.1) is 4.91 Å². The fraction of sp³-hybridized carbons (Fsp3) is 0.500. The lowest BCUT2D eigenvalue weighted by molar-refractivity contribution is -0.113. The first-order valence-corrected chi connectivity index (χ1v) is 4.59. The molecule has 0 aromatic heterocycles. The highest BCUT2D eigenvalue weighted by Gasteiger charge is 2.11. The highest BCUT2D eigenvalue weighted by Crippen LogP contribution is 2.21. The van der Waals surface area contributed by atoms with Gasteiger partial charge >= 0.3 is 0 Å². The lowest BCUT2D eigenvalue weighted by Gasteiger charge is -2.07. The predicted molar refractivity (Wildman–Crippen MR) is 50.4 cm³/mol. The number of carbonyl (C=O) groups excluding carboxylic acids is 1. The minimum absolute atomic E-state index is 0.132. The zero-order valence-electron chi connectivity index (χ0n) is 6.37. The third-order valence-electron chi connectivity index (χ3n) is 1.04. The maximum absolute atomic E-state index is 10.8. The van der Waals surface area contributed by atoms with Gasteiger partial charge in [-0.1, -0.05) is 0 Å². The first kappa shape index (κ1) is 11.0. The number of hydrogen-bond donors (Lipinski definition) is 3. The van der Waals surface area contributed by atoms with Crippen LogP contribution in [0.4, 0.5) is 0 Å². The van der Waals surface area contributed by atoms with Crippen LogP contribution in [0.5, 0.6) is 0 Å². The molecule has 0 rings (SSSR count). The van der Waals surface area contributed by atoms with Gasteiger partial charge in [0.15, 0.2) is 5.78 Å². The summed E-state index contributed by atoms with van der Waals surface area (Å²) >= 11 is 5.13. The summed E-state index contributed by atoms with van der Waals surface area (Å²) in [6.45, 7) is 1.41. The van der Waals surface area contributed by atoms with Gasteiger partial charge in [0.2, 0.25) is 0 Å². The average molecular weight is 193 g/mol. The Bertz CT molecular complexity index is 189. The van der Waals surface area contributed by atoms with Gasteiger partial charge in [0, 0.05) is 4.91 Å². The van der Waals surface area contributed by atoms with Gasteiger partial charge < -0.3 is 10.8 Å². The number of ketones is 1. The largest absolute Gasteiger partial charge is 0.374 e. The average Bonchev–Trinajstić information content (AvgIpc) is 1.88. The van der Waals surface area contributed by atoms with Crippen molar-refractivity contribution < 1.29 is 9.90 Å². The summed E-state index contributed by atoms with van der Waals surface area (Å²) in [5, 5.41) is 8.85. The van der Waals surface area contributed by atoms with Crippen molar-refractivity contribution in [1.29, 1.82) is 0 Å². The van der Waals surface area contributed by atoms with Crippen molar-refractivity contribution in [3.8, 4) is 0 Å². The summed E-state index contributed by atoms with van der Waals surface area (Å²) in [6, 6.07) is 0. The molecule has 3 nitrogen and oxygen atoms in total. The number of nitrogens with two attached hydrogens (primary N) is 1. The molecule has 3 N–H and O–H groups in total. The Kier molecular flexibility index (Phi) is 4.83. The summed E-state index contributed by atoms with van der Waals surface area (Å²) in [7, 11) is 0. The second-order valence-corrected chi connectivity index (χ2v) is 3.22. The summed E-state index contributed by atoms with van der Waals surface area (Å²) in [4.78, 5) is 11.5. The number of aliphatic hydroxyl groups excluding tert-OH is 1. The maximum atomic E-state index is 10.8. The topological polar surface area (TPSA) is 63.3 Å². The standard InChI is InChI=1S/C6H11NO2S2/c1-3(8)5(11-2)4(10)6(7)9/h6,9-10H,7H2,1-2H3/b5-4-. The van der Waals surface area contributed by atoms with Crippen LogP contribution in [0.2, 0.25) is 0 Å². The molecular weight excluding hydrogens is 182 g/mol. The second kappa shape index (κ2) is 4.82. The minimum atomic E-state index is -1.16.